The maximum atomic E-state index is 10.9. The van der Waals surface area contributed by atoms with Crippen LogP contribution < -0.4 is 0 Å². The topological polar surface area (TPSA) is 20.3 Å². The van der Waals surface area contributed by atoms with E-state index in [0.29, 0.717) is 0 Å². The minimum atomic E-state index is 0.253. The van der Waals surface area contributed by atoms with E-state index in [0.717, 1.165) is 25.3 Å². The van der Waals surface area contributed by atoms with E-state index in [1.165, 1.54) is 11.8 Å². The van der Waals surface area contributed by atoms with E-state index in [1.807, 2.05) is 11.8 Å². The zero-order valence-electron chi connectivity index (χ0n) is 5.59. The van der Waals surface area contributed by atoms with Crippen LogP contribution in [0.2, 0.25) is 0 Å². The van der Waals surface area contributed by atoms with Crippen molar-refractivity contribution in [2.75, 3.05) is 18.8 Å². The number of rotatable bonds is 1. The molecule has 3 heteroatoms. The van der Waals surface area contributed by atoms with Gasteiger partial charge in [-0.25, -0.2) is 0 Å². The molecule has 0 atom stereocenters. The number of carbonyl (C=O) groups excluding carboxylic acids is 1. The van der Waals surface area contributed by atoms with Gasteiger partial charge >= 0.3 is 0 Å². The molecule has 0 N–H and O–H groups in total. The van der Waals surface area contributed by atoms with Crippen LogP contribution in [0.1, 0.15) is 13.3 Å². The Balaban J connectivity index is 2.39. The molecule has 9 heavy (non-hydrogen) atoms. The van der Waals surface area contributed by atoms with Crippen molar-refractivity contribution in [2.45, 2.75) is 13.3 Å². The van der Waals surface area contributed by atoms with Crippen molar-refractivity contribution in [3.8, 4) is 0 Å². The molecule has 0 spiro atoms. The first-order valence-electron chi connectivity index (χ1n) is 3.26. The molecule has 1 heterocycles. The van der Waals surface area contributed by atoms with Crippen molar-refractivity contribution in [3.63, 3.8) is 0 Å². The van der Waals surface area contributed by atoms with Gasteiger partial charge in [-0.05, 0) is 13.3 Å². The van der Waals surface area contributed by atoms with Gasteiger partial charge in [0.2, 0.25) is 0 Å². The Hall–Kier alpha value is -0.180. The molecule has 0 saturated carbocycles. The molecule has 0 aliphatic carbocycles. The largest absolute Gasteiger partial charge is 0.334 e. The quantitative estimate of drug-likeness (QED) is 0.558. The van der Waals surface area contributed by atoms with Crippen molar-refractivity contribution >= 4 is 17.0 Å². The first kappa shape index (κ1) is 6.93. The van der Waals surface area contributed by atoms with Gasteiger partial charge in [-0.15, -0.1) is 0 Å². The fourth-order valence-corrected chi connectivity index (χ4v) is 1.74. The fraction of sp³-hybridized carbons (Fsp3) is 0.833. The molecule has 0 aromatic carbocycles. The zero-order valence-corrected chi connectivity index (χ0v) is 6.41. The lowest BCUT2D eigenvalue weighted by Gasteiger charge is -2.23. The van der Waals surface area contributed by atoms with Gasteiger partial charge in [-0.3, -0.25) is 4.79 Å². The van der Waals surface area contributed by atoms with Gasteiger partial charge in [0.25, 0.3) is 5.24 Å². The van der Waals surface area contributed by atoms with Crippen molar-refractivity contribution in [3.05, 3.63) is 0 Å². The normalized spacial score (nSPS) is 20.6. The summed E-state index contributed by atoms with van der Waals surface area (Å²) in [6, 6.07) is 0. The fourth-order valence-electron chi connectivity index (χ4n) is 0.885. The summed E-state index contributed by atoms with van der Waals surface area (Å²) in [7, 11) is 0. The Morgan fingerprint density at radius 2 is 2.56 bits per heavy atom. The van der Waals surface area contributed by atoms with Gasteiger partial charge in [-0.1, -0.05) is 11.8 Å². The molecule has 52 valence electrons. The summed E-state index contributed by atoms with van der Waals surface area (Å²) in [5.74, 6) is 1.01. The molecule has 0 aromatic rings. The average Bonchev–Trinajstić information content (AvgIpc) is 1.89. The van der Waals surface area contributed by atoms with Crippen molar-refractivity contribution in [1.29, 1.82) is 0 Å². The molecule has 2 nitrogen and oxygen atoms in total. The molecular weight excluding hydrogens is 134 g/mol. The summed E-state index contributed by atoms with van der Waals surface area (Å²) >= 11 is 1.44. The Labute approximate surface area is 59.6 Å². The third-order valence-electron chi connectivity index (χ3n) is 1.44. The molecule has 0 unspecified atom stereocenters. The summed E-state index contributed by atoms with van der Waals surface area (Å²) in [6.07, 6.45) is 1.16. The van der Waals surface area contributed by atoms with Crippen LogP contribution in [-0.4, -0.2) is 29.0 Å². The first-order chi connectivity index (χ1) is 4.34. The van der Waals surface area contributed by atoms with Crippen LogP contribution in [0.3, 0.4) is 0 Å². The van der Waals surface area contributed by atoms with Crippen molar-refractivity contribution < 1.29 is 4.79 Å². The second-order valence-electron chi connectivity index (χ2n) is 2.05. The third kappa shape index (κ3) is 1.61. The monoisotopic (exact) mass is 145 g/mol. The molecule has 1 fully saturated rings. The molecule has 0 bridgehead atoms. The number of hydrogen-bond acceptors (Lipinski definition) is 2. The van der Waals surface area contributed by atoms with Crippen LogP contribution in [0.4, 0.5) is 4.79 Å². The number of nitrogens with zero attached hydrogens (tertiary/aromatic N) is 1. The Morgan fingerprint density at radius 3 is 3.00 bits per heavy atom. The van der Waals surface area contributed by atoms with Crippen LogP contribution in [0, 0.1) is 0 Å². The smallest absolute Gasteiger partial charge is 0.281 e. The summed E-state index contributed by atoms with van der Waals surface area (Å²) in [6.45, 7) is 3.85. The number of amides is 1. The Kier molecular flexibility index (Phi) is 2.39. The van der Waals surface area contributed by atoms with Crippen LogP contribution in [0.15, 0.2) is 0 Å². The van der Waals surface area contributed by atoms with Gasteiger partial charge < -0.3 is 4.90 Å². The maximum Gasteiger partial charge on any atom is 0.281 e. The highest BCUT2D eigenvalue weighted by Gasteiger charge is 2.15. The van der Waals surface area contributed by atoms with Crippen molar-refractivity contribution in [2.24, 2.45) is 0 Å². The van der Waals surface area contributed by atoms with Crippen molar-refractivity contribution in [1.82, 2.24) is 4.90 Å². The Bertz CT molecular complexity index is 116. The second kappa shape index (κ2) is 3.11. The molecule has 0 radical (unpaired) electrons. The van der Waals surface area contributed by atoms with E-state index >= 15 is 0 Å². The number of carbonyl (C=O) groups is 1. The standard InChI is InChI=1S/C6H11NOS/c1-2-7-4-3-5-9-6(7)8/h2-5H2,1H3. The number of thioether (sulfide) groups is 1. The van der Waals surface area contributed by atoms with Crippen LogP contribution in [-0.2, 0) is 0 Å². The molecule has 1 aliphatic rings. The summed E-state index contributed by atoms with van der Waals surface area (Å²) in [4.78, 5) is 12.8. The molecule has 1 amide bonds. The minimum Gasteiger partial charge on any atom is -0.334 e. The lowest BCUT2D eigenvalue weighted by Crippen LogP contribution is -2.32. The zero-order chi connectivity index (χ0) is 6.69. The van der Waals surface area contributed by atoms with E-state index in [4.69, 9.17) is 0 Å². The third-order valence-corrected chi connectivity index (χ3v) is 2.44. The van der Waals surface area contributed by atoms with E-state index < -0.39 is 0 Å². The average molecular weight is 145 g/mol. The lowest BCUT2D eigenvalue weighted by atomic mass is 10.4. The summed E-state index contributed by atoms with van der Waals surface area (Å²) in [5.41, 5.74) is 0. The predicted octanol–water partition coefficient (Wildman–Crippen LogP) is 1.57. The molecule has 1 rings (SSSR count). The van der Waals surface area contributed by atoms with Gasteiger partial charge in [0.1, 0.15) is 0 Å². The minimum absolute atomic E-state index is 0.253. The highest BCUT2D eigenvalue weighted by atomic mass is 32.2. The SMILES string of the molecule is CCN1CCCSC1=O. The van der Waals surface area contributed by atoms with E-state index in [1.54, 1.807) is 0 Å². The Morgan fingerprint density at radius 1 is 1.78 bits per heavy atom. The van der Waals surface area contributed by atoms with Crippen LogP contribution >= 0.6 is 11.8 Å². The molecule has 0 aromatic heterocycles. The van der Waals surface area contributed by atoms with Crippen LogP contribution in [0.5, 0.6) is 0 Å². The molecule has 1 aliphatic heterocycles. The van der Waals surface area contributed by atoms with E-state index in [2.05, 4.69) is 0 Å². The highest BCUT2D eigenvalue weighted by molar-refractivity contribution is 8.13. The second-order valence-corrected chi connectivity index (χ2v) is 3.09. The highest BCUT2D eigenvalue weighted by Crippen LogP contribution is 2.15. The van der Waals surface area contributed by atoms with E-state index in [-0.39, 0.29) is 5.24 Å². The van der Waals surface area contributed by atoms with Crippen LogP contribution in [0.25, 0.3) is 0 Å². The first-order valence-corrected chi connectivity index (χ1v) is 4.25. The molecule has 1 saturated heterocycles. The van der Waals surface area contributed by atoms with Gasteiger partial charge in [0, 0.05) is 18.8 Å². The maximum absolute atomic E-state index is 10.9. The van der Waals surface area contributed by atoms with Gasteiger partial charge in [0.15, 0.2) is 0 Å². The predicted molar refractivity (Wildman–Crippen MR) is 39.7 cm³/mol. The molecular formula is C6H11NOS. The van der Waals surface area contributed by atoms with Gasteiger partial charge in [-0.2, -0.15) is 0 Å². The van der Waals surface area contributed by atoms with Gasteiger partial charge in [0.05, 0.1) is 0 Å². The van der Waals surface area contributed by atoms with E-state index in [9.17, 15) is 4.79 Å². The number of hydrogen-bond donors (Lipinski definition) is 0. The summed E-state index contributed by atoms with van der Waals surface area (Å²) in [5, 5.41) is 0.253. The lowest BCUT2D eigenvalue weighted by molar-refractivity contribution is 0.224. The summed E-state index contributed by atoms with van der Waals surface area (Å²) < 4.78 is 0.